The summed E-state index contributed by atoms with van der Waals surface area (Å²) in [6, 6.07) is 18.2. The summed E-state index contributed by atoms with van der Waals surface area (Å²) in [5.74, 6) is -53.9. The first-order chi connectivity index (χ1) is 66.3. The van der Waals surface area contributed by atoms with Crippen molar-refractivity contribution in [3.05, 3.63) is 246 Å². The van der Waals surface area contributed by atoms with Crippen molar-refractivity contribution in [2.75, 3.05) is 0 Å². The van der Waals surface area contributed by atoms with E-state index in [1.165, 1.54) is 0 Å². The van der Waals surface area contributed by atoms with E-state index in [1.54, 1.807) is 0 Å². The minimum absolute atomic E-state index is 0.284. The Labute approximate surface area is 779 Å². The van der Waals surface area contributed by atoms with Gasteiger partial charge in [-0.25, -0.2) is 14.4 Å². The zero-order chi connectivity index (χ0) is 100. The second kappa shape index (κ2) is 33.6. The van der Waals surface area contributed by atoms with Crippen LogP contribution in [0.5, 0.6) is 207 Å². The lowest BCUT2D eigenvalue weighted by Crippen LogP contribution is -2.42. The minimum atomic E-state index is -2.66. The lowest BCUT2D eigenvalue weighted by atomic mass is 9.71. The summed E-state index contributed by atoms with van der Waals surface area (Å²) in [6.45, 7) is 0. The highest BCUT2D eigenvalue weighted by molar-refractivity contribution is 5.93. The molecule has 44 heteroatoms. The number of esters is 3. The van der Waals surface area contributed by atoms with Crippen LogP contribution in [0.4, 0.5) is 0 Å². The molecule has 5 aliphatic rings. The quantitative estimate of drug-likeness (QED) is 0.0258. The molecule has 140 heavy (non-hydrogen) atoms. The number of hydrogen-bond donors (Lipinski definition) is 33. The zero-order valence-corrected chi connectivity index (χ0v) is 70.5. The third-order valence-electron chi connectivity index (χ3n) is 24.9. The normalized spacial score (nSPS) is 20.9. The third-order valence-corrected chi connectivity index (χ3v) is 24.9. The first-order valence-electron chi connectivity index (χ1n) is 41.3. The summed E-state index contributed by atoms with van der Waals surface area (Å²) in [7, 11) is 0. The van der Waals surface area contributed by atoms with E-state index in [9.17, 15) is 173 Å². The first kappa shape index (κ1) is 91.5. The molecule has 5 aliphatic heterocycles. The summed E-state index contributed by atoms with van der Waals surface area (Å²) in [5, 5.41) is 386. The maximum absolute atomic E-state index is 15.4. The van der Waals surface area contributed by atoms with E-state index in [0.29, 0.717) is 91.0 Å². The van der Waals surface area contributed by atoms with Gasteiger partial charge in [0, 0.05) is 115 Å². The van der Waals surface area contributed by atoms with Crippen LogP contribution in [0.15, 0.2) is 152 Å². The van der Waals surface area contributed by atoms with Gasteiger partial charge in [-0.3, -0.25) is 0 Å². The van der Waals surface area contributed by atoms with Crippen molar-refractivity contribution in [2.45, 2.75) is 91.1 Å². The summed E-state index contributed by atoms with van der Waals surface area (Å²) in [4.78, 5) is 44.8. The number of phenols is 31. The second-order valence-electron chi connectivity index (χ2n) is 33.3. The Hall–Kier alpha value is -19.0. The molecule has 44 nitrogen and oxygen atoms in total. The Morgan fingerprint density at radius 2 is 0.493 bits per heavy atom. The summed E-state index contributed by atoms with van der Waals surface area (Å²) in [6.07, 6.45) is -24.2. The molecule has 0 saturated heterocycles. The summed E-state index contributed by atoms with van der Waals surface area (Å²) >= 11 is 0. The summed E-state index contributed by atoms with van der Waals surface area (Å²) in [5.41, 5.74) is -12.7. The number of benzene rings is 13. The number of aromatic hydroxyl groups is 31. The number of rotatable bonds is 15. The van der Waals surface area contributed by atoms with Crippen LogP contribution in [0.1, 0.15) is 163 Å². The second-order valence-corrected chi connectivity index (χ2v) is 33.3. The van der Waals surface area contributed by atoms with Crippen LogP contribution in [0, 0.1) is 0 Å². The maximum atomic E-state index is 15.4. The Bertz CT molecular complexity index is 7320. The molecule has 14 atom stereocenters. The van der Waals surface area contributed by atoms with Crippen molar-refractivity contribution in [1.29, 1.82) is 0 Å². The van der Waals surface area contributed by atoms with E-state index in [0.717, 1.165) is 60.7 Å². The molecular formula is C96H74O44. The molecule has 14 unspecified atom stereocenters. The van der Waals surface area contributed by atoms with Crippen molar-refractivity contribution >= 4 is 17.9 Å². The van der Waals surface area contributed by atoms with Gasteiger partial charge in [0.15, 0.2) is 163 Å². The number of aliphatic hydroxyl groups is 2. The lowest BCUT2D eigenvalue weighted by molar-refractivity contribution is -0.0318. The highest BCUT2D eigenvalue weighted by Crippen LogP contribution is 2.69. The average Bonchev–Trinajstić information content (AvgIpc) is 0.700. The number of phenolic OH excluding ortho intramolecular Hbond substituents is 31. The van der Waals surface area contributed by atoms with Crippen LogP contribution < -0.4 is 23.7 Å². The van der Waals surface area contributed by atoms with Crippen molar-refractivity contribution in [3.63, 3.8) is 0 Å². The fourth-order valence-electron chi connectivity index (χ4n) is 18.6. The number of hydrogen-bond acceptors (Lipinski definition) is 44. The topological polar surface area (TPSA) is 793 Å². The van der Waals surface area contributed by atoms with Gasteiger partial charge in [-0.05, 0) is 103 Å². The van der Waals surface area contributed by atoms with Crippen LogP contribution in [-0.2, 0) is 20.6 Å². The van der Waals surface area contributed by atoms with Gasteiger partial charge < -0.3 is 206 Å². The van der Waals surface area contributed by atoms with Crippen LogP contribution in [0.2, 0.25) is 0 Å². The fraction of sp³-hybridized carbons (Fsp3) is 0.156. The number of fused-ring (bicyclic) bond motifs is 5. The standard InChI is InChI=1S/C96H74O44/c97-35-20-44(105)64-62(21-35)133-86(29-3-6-39(100)43(104)9-29)92(139-95(131)33-16-58(119)79(126)59(120)17-33)74(64)70-50(111)25-48(109)67-73(82(129)85(137-90(67)70)30-10-52(113)76(123)53(114)11-30)66-47(108)24-46(107)65-72(81(128)84(136-89(65)66)28-2-5-38(99)42(103)8-28)68-49(110)26-51(112)71-75(93(140-96(132)34-18-60(121)80(127)61(122)19-34)87(138-91(68)71)31-12-54(115)77(124)55(116)13-31)69-45(106)23-40(101)36-22-63(134-94(130)32-14-56(117)78(125)57(118)15-32)83(135-88(36)69)27-1-4-37(98)41(102)7-27/h1-21,23-26,63,72-75,81-87,92-93,97-129H,22H2. The van der Waals surface area contributed by atoms with Crippen molar-refractivity contribution in [3.8, 4) is 207 Å². The molecule has 13 aromatic carbocycles. The molecule has 0 aromatic heterocycles. The van der Waals surface area contributed by atoms with Crippen molar-refractivity contribution in [1.82, 2.24) is 0 Å². The number of carbonyl (C=O) groups is 3. The van der Waals surface area contributed by atoms with Gasteiger partial charge >= 0.3 is 17.9 Å². The van der Waals surface area contributed by atoms with E-state index in [1.807, 2.05) is 0 Å². The smallest absolute Gasteiger partial charge is 0.338 e. The molecule has 0 radical (unpaired) electrons. The molecule has 18 rings (SSSR count). The van der Waals surface area contributed by atoms with E-state index < -0.39 is 399 Å². The molecular weight excluding hydrogens is 1860 g/mol. The maximum Gasteiger partial charge on any atom is 0.338 e. The largest absolute Gasteiger partial charge is 0.508 e. The minimum Gasteiger partial charge on any atom is -0.508 e. The van der Waals surface area contributed by atoms with Crippen LogP contribution in [-0.4, -0.2) is 217 Å². The van der Waals surface area contributed by atoms with Gasteiger partial charge in [0.05, 0.1) is 40.4 Å². The predicted molar refractivity (Wildman–Crippen MR) is 463 cm³/mol. The average molecular weight is 1930 g/mol. The van der Waals surface area contributed by atoms with Gasteiger partial charge in [-0.15, -0.1) is 0 Å². The molecule has 0 amide bonds. The molecule has 0 fully saturated rings. The van der Waals surface area contributed by atoms with Crippen LogP contribution in [0.25, 0.3) is 0 Å². The Morgan fingerprint density at radius 1 is 0.229 bits per heavy atom. The van der Waals surface area contributed by atoms with Gasteiger partial charge in [0.1, 0.15) is 105 Å². The lowest BCUT2D eigenvalue weighted by Gasteiger charge is -2.45. The molecule has 0 saturated carbocycles. The third kappa shape index (κ3) is 15.0. The van der Waals surface area contributed by atoms with Gasteiger partial charge in [-0.2, -0.15) is 0 Å². The molecule has 0 spiro atoms. The van der Waals surface area contributed by atoms with Crippen molar-refractivity contribution in [2.24, 2.45) is 0 Å². The van der Waals surface area contributed by atoms with Crippen LogP contribution >= 0.6 is 0 Å². The van der Waals surface area contributed by atoms with Gasteiger partial charge in [0.25, 0.3) is 0 Å². The van der Waals surface area contributed by atoms with E-state index in [2.05, 4.69) is 0 Å². The molecule has 13 aromatic rings. The molecule has 0 bridgehead atoms. The highest BCUT2D eigenvalue weighted by atomic mass is 16.6. The predicted octanol–water partition coefficient (Wildman–Crippen LogP) is 9.70. The zero-order valence-electron chi connectivity index (χ0n) is 70.5. The number of aliphatic hydroxyl groups excluding tert-OH is 2. The number of carbonyl (C=O) groups excluding carboxylic acids is 3. The summed E-state index contributed by atoms with van der Waals surface area (Å²) < 4.78 is 52.4. The number of ether oxygens (including phenoxy) is 8. The first-order valence-corrected chi connectivity index (χ1v) is 41.3. The van der Waals surface area contributed by atoms with Gasteiger partial charge in [0.2, 0.25) is 0 Å². The van der Waals surface area contributed by atoms with E-state index >= 15 is 9.59 Å². The van der Waals surface area contributed by atoms with Crippen LogP contribution in [0.3, 0.4) is 0 Å². The Kier molecular flexibility index (Phi) is 21.9. The van der Waals surface area contributed by atoms with Crippen molar-refractivity contribution < 1.29 is 221 Å². The van der Waals surface area contributed by atoms with E-state index in [4.69, 9.17) is 37.9 Å². The highest BCUT2D eigenvalue weighted by Gasteiger charge is 2.58. The molecule has 33 N–H and O–H groups in total. The monoisotopic (exact) mass is 1930 g/mol. The fourth-order valence-corrected chi connectivity index (χ4v) is 18.6. The molecule has 5 heterocycles. The van der Waals surface area contributed by atoms with E-state index in [-0.39, 0.29) is 11.1 Å². The Morgan fingerprint density at radius 3 is 0.857 bits per heavy atom. The molecule has 0 aliphatic carbocycles. The Balaban J connectivity index is 0.920. The SMILES string of the molecule is O=C(OC1Cc2c(O)cc(O)c(C3c4c(O)cc(O)c(C5c6c(O)cc(O)c(C7c8c(O)cc(O)c(C9c%10c(O)cc(O)cc%10OC(c%10ccc(O)c(O)c%10)C9OC(=O)c9cc(O)c(O)c(O)c9)c8OC(c8cc(O)c(O)c(O)c8)C7O)c6OC(c6ccc(O)c(O)c6)C5O)c4OC(c4cc(O)c(O)c(O)c4)C3OC(=O)c3cc(O)c(O)c(O)c3)c2OC1c1ccc(O)c(O)c1)c1cc(O)c(O)c(O)c1. The molecule has 722 valence electrons. The van der Waals surface area contributed by atoms with Gasteiger partial charge in [-0.1, -0.05) is 18.2 Å².